The van der Waals surface area contributed by atoms with Crippen molar-refractivity contribution in [2.24, 2.45) is 5.92 Å². The van der Waals surface area contributed by atoms with E-state index in [2.05, 4.69) is 59.1 Å². The zero-order valence-corrected chi connectivity index (χ0v) is 19.8. The summed E-state index contributed by atoms with van der Waals surface area (Å²) in [7, 11) is 4.46. The Balaban J connectivity index is 1.70. The standard InChI is InChI=1S/C27H42NO2/c1-23(2)12-8-6-9-13-25-16-18-26(19-17-25)22-28(4,5)24(3)29-20-21-30-27-14-10-7-11-15-27/h7,10-11,14-19,23-24H,6,8-9,12-13,20-22H2,1-5H3/q+1. The van der Waals surface area contributed by atoms with Gasteiger partial charge in [0.1, 0.15) is 18.9 Å². The molecule has 0 bridgehead atoms. The van der Waals surface area contributed by atoms with E-state index < -0.39 is 0 Å². The van der Waals surface area contributed by atoms with Crippen LogP contribution in [0.2, 0.25) is 0 Å². The maximum absolute atomic E-state index is 6.06. The molecule has 2 aromatic carbocycles. The fraction of sp³-hybridized carbons (Fsp3) is 0.556. The minimum Gasteiger partial charge on any atom is -0.491 e. The van der Waals surface area contributed by atoms with Gasteiger partial charge in [0, 0.05) is 12.5 Å². The van der Waals surface area contributed by atoms with Gasteiger partial charge in [-0.15, -0.1) is 0 Å². The Bertz CT molecular complexity index is 695. The lowest BCUT2D eigenvalue weighted by molar-refractivity contribution is -0.947. The second kappa shape index (κ2) is 12.8. The largest absolute Gasteiger partial charge is 0.491 e. The summed E-state index contributed by atoms with van der Waals surface area (Å²) >= 11 is 0. The first-order valence-corrected chi connectivity index (χ1v) is 11.6. The van der Waals surface area contributed by atoms with Gasteiger partial charge in [-0.1, -0.05) is 75.6 Å². The molecule has 0 aliphatic rings. The van der Waals surface area contributed by atoms with Crippen LogP contribution in [0.15, 0.2) is 54.6 Å². The highest BCUT2D eigenvalue weighted by atomic mass is 16.5. The second-order valence-corrected chi connectivity index (χ2v) is 9.38. The van der Waals surface area contributed by atoms with Gasteiger partial charge in [-0.3, -0.25) is 4.48 Å². The fourth-order valence-corrected chi connectivity index (χ4v) is 3.57. The van der Waals surface area contributed by atoms with E-state index in [1.165, 1.54) is 43.2 Å². The fourth-order valence-electron chi connectivity index (χ4n) is 3.57. The Hall–Kier alpha value is -1.84. The first-order valence-electron chi connectivity index (χ1n) is 11.6. The average Bonchev–Trinajstić information content (AvgIpc) is 2.72. The molecule has 0 spiro atoms. The van der Waals surface area contributed by atoms with Crippen molar-refractivity contribution in [3.05, 3.63) is 65.7 Å². The molecule has 1 atom stereocenters. The van der Waals surface area contributed by atoms with E-state index in [4.69, 9.17) is 9.47 Å². The van der Waals surface area contributed by atoms with E-state index >= 15 is 0 Å². The molecule has 0 amide bonds. The second-order valence-electron chi connectivity index (χ2n) is 9.38. The molecule has 0 aliphatic heterocycles. The maximum Gasteiger partial charge on any atom is 0.190 e. The van der Waals surface area contributed by atoms with Crippen LogP contribution in [-0.4, -0.2) is 38.0 Å². The van der Waals surface area contributed by atoms with Gasteiger partial charge in [0.05, 0.1) is 20.7 Å². The molecule has 0 aromatic heterocycles. The Morgan fingerprint density at radius 2 is 1.43 bits per heavy atom. The number of hydrogen-bond acceptors (Lipinski definition) is 2. The summed E-state index contributed by atoms with van der Waals surface area (Å²) in [5.41, 5.74) is 2.82. The molecule has 0 N–H and O–H groups in total. The predicted octanol–water partition coefficient (Wildman–Crippen LogP) is 6.46. The van der Waals surface area contributed by atoms with Crippen LogP contribution in [0.3, 0.4) is 0 Å². The maximum atomic E-state index is 6.06. The third kappa shape index (κ3) is 9.32. The van der Waals surface area contributed by atoms with Crippen molar-refractivity contribution in [1.29, 1.82) is 0 Å². The van der Waals surface area contributed by atoms with Gasteiger partial charge >= 0.3 is 0 Å². The molecule has 3 nitrogen and oxygen atoms in total. The number of nitrogens with zero attached hydrogens (tertiary/aromatic N) is 1. The normalized spacial score (nSPS) is 12.9. The van der Waals surface area contributed by atoms with Crippen LogP contribution in [0.25, 0.3) is 0 Å². The third-order valence-electron chi connectivity index (χ3n) is 5.80. The highest BCUT2D eigenvalue weighted by Gasteiger charge is 2.25. The highest BCUT2D eigenvalue weighted by molar-refractivity contribution is 5.22. The molecule has 3 heteroatoms. The molecule has 0 saturated carbocycles. The smallest absolute Gasteiger partial charge is 0.190 e. The van der Waals surface area contributed by atoms with Crippen LogP contribution in [0.4, 0.5) is 0 Å². The average molecular weight is 413 g/mol. The topological polar surface area (TPSA) is 18.5 Å². The minimum atomic E-state index is 0.102. The first kappa shape index (κ1) is 24.4. The van der Waals surface area contributed by atoms with Gasteiger partial charge in [-0.05, 0) is 36.5 Å². The van der Waals surface area contributed by atoms with E-state index in [9.17, 15) is 0 Å². The van der Waals surface area contributed by atoms with Crippen molar-refractivity contribution >= 4 is 0 Å². The lowest BCUT2D eigenvalue weighted by Crippen LogP contribution is -2.48. The Morgan fingerprint density at radius 1 is 0.767 bits per heavy atom. The molecule has 0 saturated heterocycles. The van der Waals surface area contributed by atoms with Gasteiger partial charge in [-0.2, -0.15) is 0 Å². The van der Waals surface area contributed by atoms with Crippen molar-refractivity contribution in [1.82, 2.24) is 0 Å². The summed E-state index contributed by atoms with van der Waals surface area (Å²) in [5, 5.41) is 0. The lowest BCUT2D eigenvalue weighted by atomic mass is 10.0. The molecule has 0 heterocycles. The van der Waals surface area contributed by atoms with Crippen LogP contribution in [-0.2, 0) is 17.7 Å². The van der Waals surface area contributed by atoms with Gasteiger partial charge in [0.2, 0.25) is 0 Å². The van der Waals surface area contributed by atoms with Crippen molar-refractivity contribution in [2.75, 3.05) is 27.3 Å². The molecule has 0 radical (unpaired) electrons. The van der Waals surface area contributed by atoms with E-state index in [1.54, 1.807) is 0 Å². The summed E-state index contributed by atoms with van der Waals surface area (Å²) in [6, 6.07) is 19.1. The lowest BCUT2D eigenvalue weighted by Gasteiger charge is -2.35. The molecule has 30 heavy (non-hydrogen) atoms. The zero-order valence-electron chi connectivity index (χ0n) is 19.8. The quantitative estimate of drug-likeness (QED) is 0.201. The van der Waals surface area contributed by atoms with Gasteiger partial charge < -0.3 is 9.47 Å². The Morgan fingerprint density at radius 3 is 2.10 bits per heavy atom. The monoisotopic (exact) mass is 412 g/mol. The molecular formula is C27H42NO2+. The van der Waals surface area contributed by atoms with Crippen molar-refractivity contribution < 1.29 is 14.0 Å². The summed E-state index contributed by atoms with van der Waals surface area (Å²) < 4.78 is 12.6. The third-order valence-corrected chi connectivity index (χ3v) is 5.80. The first-order chi connectivity index (χ1) is 14.4. The van der Waals surface area contributed by atoms with E-state index in [0.717, 1.165) is 22.7 Å². The van der Waals surface area contributed by atoms with Gasteiger partial charge in [0.15, 0.2) is 6.23 Å². The number of hydrogen-bond donors (Lipinski definition) is 0. The SMILES string of the molecule is CC(C)CCCCCc1ccc(C[N+](C)(C)C(C)OCCOc2ccccc2)cc1. The van der Waals surface area contributed by atoms with E-state index in [-0.39, 0.29) is 6.23 Å². The van der Waals surface area contributed by atoms with E-state index in [1.807, 2.05) is 30.3 Å². The number of quaternary nitrogens is 1. The summed E-state index contributed by atoms with van der Waals surface area (Å²) in [4.78, 5) is 0. The highest BCUT2D eigenvalue weighted by Crippen LogP contribution is 2.17. The summed E-state index contributed by atoms with van der Waals surface area (Å²) in [6.45, 7) is 8.88. The molecule has 2 rings (SSSR count). The van der Waals surface area contributed by atoms with E-state index in [0.29, 0.717) is 13.2 Å². The molecule has 0 aliphatic carbocycles. The van der Waals surface area contributed by atoms with Crippen LogP contribution in [0, 0.1) is 5.92 Å². The summed E-state index contributed by atoms with van der Waals surface area (Å²) in [5.74, 6) is 1.72. The molecule has 2 aromatic rings. The Labute approximate surface area is 184 Å². The number of rotatable bonds is 14. The molecular weight excluding hydrogens is 370 g/mol. The predicted molar refractivity (Wildman–Crippen MR) is 127 cm³/mol. The van der Waals surface area contributed by atoms with Gasteiger partial charge in [0.25, 0.3) is 0 Å². The molecule has 0 fully saturated rings. The van der Waals surface area contributed by atoms with Crippen LogP contribution in [0.5, 0.6) is 5.75 Å². The van der Waals surface area contributed by atoms with Crippen LogP contribution in [0.1, 0.15) is 57.6 Å². The number of unbranched alkanes of at least 4 members (excludes halogenated alkanes) is 2. The number of ether oxygens (including phenoxy) is 2. The zero-order chi connectivity index (χ0) is 21.8. The van der Waals surface area contributed by atoms with Crippen LogP contribution >= 0.6 is 0 Å². The number of para-hydroxylation sites is 1. The Kier molecular flexibility index (Phi) is 10.4. The number of benzene rings is 2. The van der Waals surface area contributed by atoms with Crippen LogP contribution < -0.4 is 4.74 Å². The van der Waals surface area contributed by atoms with Gasteiger partial charge in [-0.25, -0.2) is 0 Å². The van der Waals surface area contributed by atoms with Crippen molar-refractivity contribution in [3.8, 4) is 5.75 Å². The summed E-state index contributed by atoms with van der Waals surface area (Å²) in [6.07, 6.45) is 6.64. The number of aryl methyl sites for hydroxylation is 1. The molecule has 1 unspecified atom stereocenters. The van der Waals surface area contributed by atoms with Crippen molar-refractivity contribution in [3.63, 3.8) is 0 Å². The van der Waals surface area contributed by atoms with Crippen molar-refractivity contribution in [2.45, 2.75) is 65.6 Å². The molecule has 166 valence electrons. The minimum absolute atomic E-state index is 0.102.